The summed E-state index contributed by atoms with van der Waals surface area (Å²) in [6.07, 6.45) is 6.82. The van der Waals surface area contributed by atoms with E-state index in [-0.39, 0.29) is 5.56 Å². The summed E-state index contributed by atoms with van der Waals surface area (Å²) in [5.41, 5.74) is 2.55. The van der Waals surface area contributed by atoms with Crippen molar-refractivity contribution < 1.29 is 4.74 Å². The van der Waals surface area contributed by atoms with Crippen LogP contribution in [0, 0.1) is 12.8 Å². The Balaban J connectivity index is 1.40. The largest absolute Gasteiger partial charge is 0.493 e. The van der Waals surface area contributed by atoms with Crippen molar-refractivity contribution in [3.8, 4) is 5.75 Å². The lowest BCUT2D eigenvalue weighted by atomic mass is 9.89. The van der Waals surface area contributed by atoms with Crippen LogP contribution in [-0.4, -0.2) is 16.2 Å². The van der Waals surface area contributed by atoms with Gasteiger partial charge in [0.15, 0.2) is 0 Å². The summed E-state index contributed by atoms with van der Waals surface area (Å²) in [4.78, 5) is 19.8. The summed E-state index contributed by atoms with van der Waals surface area (Å²) in [7, 11) is 0. The first-order valence-electron chi connectivity index (χ1n) is 9.81. The van der Waals surface area contributed by atoms with Gasteiger partial charge in [0.25, 0.3) is 5.56 Å². The van der Waals surface area contributed by atoms with Crippen molar-refractivity contribution in [2.24, 2.45) is 5.92 Å². The molecule has 2 heterocycles. The molecule has 1 unspecified atom stereocenters. The minimum Gasteiger partial charge on any atom is -0.493 e. The predicted octanol–water partition coefficient (Wildman–Crippen LogP) is 4.75. The van der Waals surface area contributed by atoms with E-state index in [2.05, 4.69) is 24.9 Å². The van der Waals surface area contributed by atoms with E-state index in [9.17, 15) is 4.79 Å². The first kappa shape index (κ1) is 18.2. The molecule has 4 nitrogen and oxygen atoms in total. The molecule has 0 aliphatic heterocycles. The lowest BCUT2D eigenvalue weighted by Gasteiger charge is -2.17. The number of thiophene rings is 1. The van der Waals surface area contributed by atoms with E-state index in [4.69, 9.17) is 4.74 Å². The SMILES string of the molecule is Cc1ccccc1OCCCCn1cnc2sc3c(c2c1=O)CCC(C)C3. The molecule has 1 aromatic carbocycles. The molecule has 2 aromatic heterocycles. The Morgan fingerprint density at radius 2 is 2.15 bits per heavy atom. The minimum atomic E-state index is 0.131. The smallest absolute Gasteiger partial charge is 0.262 e. The van der Waals surface area contributed by atoms with E-state index < -0.39 is 0 Å². The fraction of sp³-hybridized carbons (Fsp3) is 0.455. The Kier molecular flexibility index (Phi) is 5.30. The Bertz CT molecular complexity index is 1010. The van der Waals surface area contributed by atoms with Gasteiger partial charge in [-0.25, -0.2) is 4.98 Å². The lowest BCUT2D eigenvalue weighted by Crippen LogP contribution is -2.22. The fourth-order valence-electron chi connectivity index (χ4n) is 3.81. The van der Waals surface area contributed by atoms with Crippen molar-refractivity contribution in [3.63, 3.8) is 0 Å². The highest BCUT2D eigenvalue weighted by Crippen LogP contribution is 2.35. The monoisotopic (exact) mass is 382 g/mol. The second kappa shape index (κ2) is 7.85. The summed E-state index contributed by atoms with van der Waals surface area (Å²) in [6, 6.07) is 8.06. The third-order valence-corrected chi connectivity index (χ3v) is 6.59. The third-order valence-electron chi connectivity index (χ3n) is 5.43. The molecule has 0 fully saturated rings. The van der Waals surface area contributed by atoms with Crippen LogP contribution in [0.2, 0.25) is 0 Å². The molecule has 27 heavy (non-hydrogen) atoms. The Morgan fingerprint density at radius 1 is 1.30 bits per heavy atom. The van der Waals surface area contributed by atoms with Crippen molar-refractivity contribution in [3.05, 3.63) is 57.0 Å². The van der Waals surface area contributed by atoms with Crippen LogP contribution in [0.1, 0.15) is 42.2 Å². The fourth-order valence-corrected chi connectivity index (χ4v) is 5.15. The predicted molar refractivity (Wildman–Crippen MR) is 111 cm³/mol. The van der Waals surface area contributed by atoms with Crippen LogP contribution in [0.4, 0.5) is 0 Å². The van der Waals surface area contributed by atoms with Gasteiger partial charge in [0.05, 0.1) is 18.3 Å². The summed E-state index contributed by atoms with van der Waals surface area (Å²) in [5, 5.41) is 0.876. The van der Waals surface area contributed by atoms with Crippen molar-refractivity contribution in [1.29, 1.82) is 0 Å². The van der Waals surface area contributed by atoms with Crippen LogP contribution in [0.15, 0.2) is 35.4 Å². The molecule has 0 spiro atoms. The van der Waals surface area contributed by atoms with Gasteiger partial charge >= 0.3 is 0 Å². The van der Waals surface area contributed by atoms with Crippen LogP contribution >= 0.6 is 11.3 Å². The molecule has 1 aliphatic carbocycles. The molecule has 3 aromatic rings. The van der Waals surface area contributed by atoms with Gasteiger partial charge in [-0.05, 0) is 62.1 Å². The number of unbranched alkanes of at least 4 members (excludes halogenated alkanes) is 1. The van der Waals surface area contributed by atoms with Gasteiger partial charge in [0.2, 0.25) is 0 Å². The second-order valence-corrected chi connectivity index (χ2v) is 8.68. The molecule has 1 aliphatic rings. The highest BCUT2D eigenvalue weighted by atomic mass is 32.1. The minimum absolute atomic E-state index is 0.131. The van der Waals surface area contributed by atoms with Crippen molar-refractivity contribution in [1.82, 2.24) is 9.55 Å². The summed E-state index contributed by atoms with van der Waals surface area (Å²) in [6.45, 7) is 5.71. The topological polar surface area (TPSA) is 44.1 Å². The molecule has 4 rings (SSSR count). The summed E-state index contributed by atoms with van der Waals surface area (Å²) in [5.74, 6) is 1.65. The van der Waals surface area contributed by atoms with Crippen molar-refractivity contribution in [2.45, 2.75) is 52.5 Å². The quantitative estimate of drug-likeness (QED) is 0.578. The molecule has 0 saturated carbocycles. The average molecular weight is 383 g/mol. The van der Waals surface area contributed by atoms with Crippen LogP contribution < -0.4 is 10.3 Å². The number of rotatable bonds is 6. The Morgan fingerprint density at radius 3 is 3.00 bits per heavy atom. The number of aryl methyl sites for hydroxylation is 3. The lowest BCUT2D eigenvalue weighted by molar-refractivity contribution is 0.301. The summed E-state index contributed by atoms with van der Waals surface area (Å²) < 4.78 is 7.62. The second-order valence-electron chi connectivity index (χ2n) is 7.60. The number of aromatic nitrogens is 2. The molecule has 0 saturated heterocycles. The molecule has 0 amide bonds. The molecule has 5 heteroatoms. The highest BCUT2D eigenvalue weighted by molar-refractivity contribution is 7.18. The summed E-state index contributed by atoms with van der Waals surface area (Å²) >= 11 is 1.71. The maximum Gasteiger partial charge on any atom is 0.262 e. The van der Waals surface area contributed by atoms with E-state index in [1.807, 2.05) is 18.2 Å². The zero-order chi connectivity index (χ0) is 18.8. The normalized spacial score (nSPS) is 16.4. The van der Waals surface area contributed by atoms with E-state index >= 15 is 0 Å². The average Bonchev–Trinajstić information content (AvgIpc) is 3.02. The Hall–Kier alpha value is -2.14. The Labute approximate surface area is 163 Å². The van der Waals surface area contributed by atoms with Crippen molar-refractivity contribution in [2.75, 3.05) is 6.61 Å². The number of fused-ring (bicyclic) bond motifs is 3. The molecule has 0 radical (unpaired) electrons. The molecule has 1 atom stereocenters. The van der Waals surface area contributed by atoms with Gasteiger partial charge < -0.3 is 4.74 Å². The number of ether oxygens (including phenoxy) is 1. The van der Waals surface area contributed by atoms with Gasteiger partial charge in [-0.1, -0.05) is 25.1 Å². The van der Waals surface area contributed by atoms with Crippen LogP contribution in [-0.2, 0) is 19.4 Å². The number of benzene rings is 1. The maximum atomic E-state index is 13.0. The maximum absolute atomic E-state index is 13.0. The zero-order valence-corrected chi connectivity index (χ0v) is 16.8. The van der Waals surface area contributed by atoms with E-state index in [1.54, 1.807) is 22.2 Å². The van der Waals surface area contributed by atoms with Crippen LogP contribution in [0.3, 0.4) is 0 Å². The first-order valence-corrected chi connectivity index (χ1v) is 10.6. The van der Waals surface area contributed by atoms with E-state index in [0.29, 0.717) is 19.1 Å². The molecular formula is C22H26N2O2S. The zero-order valence-electron chi connectivity index (χ0n) is 16.0. The van der Waals surface area contributed by atoms with Crippen LogP contribution in [0.25, 0.3) is 10.2 Å². The molecule has 0 bridgehead atoms. The standard InChI is InChI=1S/C22H26N2O2S/c1-15-9-10-17-19(13-15)27-21-20(17)22(25)24(14-23-21)11-5-6-12-26-18-8-4-3-7-16(18)2/h3-4,7-8,14-15H,5-6,9-13H2,1-2H3. The number of nitrogens with zero attached hydrogens (tertiary/aromatic N) is 2. The first-order chi connectivity index (χ1) is 13.1. The van der Waals surface area contributed by atoms with Gasteiger partial charge in [0.1, 0.15) is 10.6 Å². The van der Waals surface area contributed by atoms with Crippen LogP contribution in [0.5, 0.6) is 5.75 Å². The van der Waals surface area contributed by atoms with Gasteiger partial charge in [0, 0.05) is 11.4 Å². The van der Waals surface area contributed by atoms with Gasteiger partial charge in [-0.15, -0.1) is 11.3 Å². The van der Waals surface area contributed by atoms with Gasteiger partial charge in [-0.3, -0.25) is 9.36 Å². The van der Waals surface area contributed by atoms with E-state index in [1.165, 1.54) is 16.9 Å². The molecular weight excluding hydrogens is 356 g/mol. The third kappa shape index (κ3) is 3.79. The number of hydrogen-bond donors (Lipinski definition) is 0. The number of hydrogen-bond acceptors (Lipinski definition) is 4. The number of para-hydroxylation sites is 1. The van der Waals surface area contributed by atoms with E-state index in [0.717, 1.165) is 47.2 Å². The highest BCUT2D eigenvalue weighted by Gasteiger charge is 2.23. The van der Waals surface area contributed by atoms with Crippen molar-refractivity contribution >= 4 is 21.6 Å². The molecule has 142 valence electrons. The van der Waals surface area contributed by atoms with Gasteiger partial charge in [-0.2, -0.15) is 0 Å². The molecule has 0 N–H and O–H groups in total.